The van der Waals surface area contributed by atoms with Crippen LogP contribution in [0.3, 0.4) is 0 Å². The number of hydrogen-bond acceptors (Lipinski definition) is 8. The van der Waals surface area contributed by atoms with E-state index in [9.17, 15) is 16.8 Å². The van der Waals surface area contributed by atoms with E-state index in [1.807, 2.05) is 0 Å². The highest BCUT2D eigenvalue weighted by atomic mass is 32.2. The molecule has 1 aliphatic rings. The van der Waals surface area contributed by atoms with Gasteiger partial charge in [-0.15, -0.1) is 0 Å². The number of hydrogen-bond donors (Lipinski definition) is 0. The molecule has 0 spiro atoms. The molecule has 10 nitrogen and oxygen atoms in total. The Morgan fingerprint density at radius 3 is 1.58 bits per heavy atom. The van der Waals surface area contributed by atoms with E-state index in [2.05, 4.69) is 0 Å². The van der Waals surface area contributed by atoms with Crippen molar-refractivity contribution in [1.29, 1.82) is 0 Å². The second kappa shape index (κ2) is 9.75. The van der Waals surface area contributed by atoms with Crippen LogP contribution in [0.4, 0.5) is 0 Å². The van der Waals surface area contributed by atoms with E-state index in [1.165, 1.54) is 73.4 Å². The predicted molar refractivity (Wildman–Crippen MR) is 121 cm³/mol. The molecular weight excluding hydrogens is 472 g/mol. The number of nitrogens with zero attached hydrogens (tertiary/aromatic N) is 2. The molecule has 2 aromatic carbocycles. The molecule has 2 aromatic rings. The fourth-order valence-electron chi connectivity index (χ4n) is 3.72. The summed E-state index contributed by atoms with van der Waals surface area (Å²) >= 11 is 0. The number of ether oxygens (including phenoxy) is 4. The van der Waals surface area contributed by atoms with E-state index >= 15 is 0 Å². The van der Waals surface area contributed by atoms with Crippen LogP contribution in [0.25, 0.3) is 0 Å². The van der Waals surface area contributed by atoms with Crippen molar-refractivity contribution in [3.8, 4) is 23.0 Å². The summed E-state index contributed by atoms with van der Waals surface area (Å²) in [6, 6.07) is 8.12. The van der Waals surface area contributed by atoms with Gasteiger partial charge in [-0.2, -0.15) is 8.61 Å². The number of methoxy groups -OCH3 is 4. The first-order valence-corrected chi connectivity index (χ1v) is 12.9. The van der Waals surface area contributed by atoms with Crippen LogP contribution in [0.2, 0.25) is 0 Å². The van der Waals surface area contributed by atoms with Crippen molar-refractivity contribution in [2.75, 3.05) is 48.1 Å². The summed E-state index contributed by atoms with van der Waals surface area (Å²) in [5, 5.41) is 0. The zero-order chi connectivity index (χ0) is 24.4. The molecule has 0 N–H and O–H groups in total. The van der Waals surface area contributed by atoms with Crippen LogP contribution in [-0.4, -0.2) is 79.6 Å². The van der Waals surface area contributed by atoms with Crippen molar-refractivity contribution < 1.29 is 35.8 Å². The van der Waals surface area contributed by atoms with Gasteiger partial charge in [0.25, 0.3) is 0 Å². The molecule has 0 bridgehead atoms. The smallest absolute Gasteiger partial charge is 0.243 e. The Morgan fingerprint density at radius 1 is 0.697 bits per heavy atom. The molecule has 182 valence electrons. The lowest BCUT2D eigenvalue weighted by molar-refractivity contribution is 0.212. The van der Waals surface area contributed by atoms with E-state index in [1.54, 1.807) is 6.92 Å². The standard InChI is InChI=1S/C21H28N2O8S2/c1-15-14-22(32(24,25)16-6-8-18(28-2)20(12-16)30-4)10-11-23(15)33(26,27)17-7-9-19(29-3)21(13-17)31-5/h6-9,12-13,15H,10-11,14H2,1-5H3. The summed E-state index contributed by atoms with van der Waals surface area (Å²) in [6.45, 7) is 1.69. The molecule has 1 unspecified atom stereocenters. The second-order valence-corrected chi connectivity index (χ2v) is 11.2. The van der Waals surface area contributed by atoms with E-state index in [0.29, 0.717) is 23.0 Å². The van der Waals surface area contributed by atoms with E-state index in [4.69, 9.17) is 18.9 Å². The molecule has 12 heteroatoms. The van der Waals surface area contributed by atoms with Gasteiger partial charge in [0.05, 0.1) is 38.2 Å². The van der Waals surface area contributed by atoms with Crippen molar-refractivity contribution in [1.82, 2.24) is 8.61 Å². The quantitative estimate of drug-likeness (QED) is 0.540. The van der Waals surface area contributed by atoms with Crippen LogP contribution in [0.1, 0.15) is 6.92 Å². The SMILES string of the molecule is COc1ccc(S(=O)(=O)N2CCN(S(=O)(=O)c3ccc(OC)c(OC)c3)C(C)C2)cc1OC. The number of piperazine rings is 1. The zero-order valence-electron chi connectivity index (χ0n) is 19.1. The monoisotopic (exact) mass is 500 g/mol. The molecule has 3 rings (SSSR count). The normalized spacial score (nSPS) is 18.0. The van der Waals surface area contributed by atoms with Crippen molar-refractivity contribution in [2.45, 2.75) is 22.8 Å². The Hall–Kier alpha value is -2.54. The zero-order valence-corrected chi connectivity index (χ0v) is 20.8. The number of rotatable bonds is 8. The highest BCUT2D eigenvalue weighted by Gasteiger charge is 2.38. The second-order valence-electron chi connectivity index (χ2n) is 7.36. The Morgan fingerprint density at radius 2 is 1.15 bits per heavy atom. The van der Waals surface area contributed by atoms with Gasteiger partial charge in [0.1, 0.15) is 0 Å². The molecule has 0 aliphatic carbocycles. The molecule has 33 heavy (non-hydrogen) atoms. The first kappa shape index (κ1) is 25.1. The molecule has 0 saturated carbocycles. The minimum Gasteiger partial charge on any atom is -0.493 e. The Kier molecular flexibility index (Phi) is 7.42. The lowest BCUT2D eigenvalue weighted by atomic mass is 10.3. The van der Waals surface area contributed by atoms with E-state index in [0.717, 1.165) is 0 Å². The Balaban J connectivity index is 1.84. The fraction of sp³-hybridized carbons (Fsp3) is 0.429. The Labute approximate surface area is 194 Å². The van der Waals surface area contributed by atoms with Gasteiger partial charge in [-0.05, 0) is 31.2 Å². The molecule has 0 aromatic heterocycles. The maximum Gasteiger partial charge on any atom is 0.243 e. The fourth-order valence-corrected chi connectivity index (χ4v) is 6.88. The van der Waals surface area contributed by atoms with E-state index in [-0.39, 0.29) is 29.4 Å². The van der Waals surface area contributed by atoms with Gasteiger partial charge in [-0.1, -0.05) is 0 Å². The highest BCUT2D eigenvalue weighted by molar-refractivity contribution is 7.89. The average Bonchev–Trinajstić information content (AvgIpc) is 2.82. The lowest BCUT2D eigenvalue weighted by Crippen LogP contribution is -2.55. The Bertz CT molecular complexity index is 1210. The van der Waals surface area contributed by atoms with Crippen LogP contribution in [0.5, 0.6) is 23.0 Å². The average molecular weight is 501 g/mol. The van der Waals surface area contributed by atoms with Gasteiger partial charge in [0.15, 0.2) is 23.0 Å². The van der Waals surface area contributed by atoms with Crippen LogP contribution >= 0.6 is 0 Å². The van der Waals surface area contributed by atoms with E-state index < -0.39 is 26.1 Å². The summed E-state index contributed by atoms with van der Waals surface area (Å²) in [7, 11) is -1.97. The topological polar surface area (TPSA) is 112 Å². The molecule has 1 fully saturated rings. The van der Waals surface area contributed by atoms with Gasteiger partial charge in [-0.25, -0.2) is 16.8 Å². The highest BCUT2D eigenvalue weighted by Crippen LogP contribution is 2.34. The van der Waals surface area contributed by atoms with Crippen molar-refractivity contribution in [3.63, 3.8) is 0 Å². The minimum absolute atomic E-state index is 0.00317. The van der Waals surface area contributed by atoms with Crippen molar-refractivity contribution >= 4 is 20.0 Å². The summed E-state index contributed by atoms with van der Waals surface area (Å²) in [6.07, 6.45) is 0. The third-order valence-corrected chi connectivity index (χ3v) is 9.35. The summed E-state index contributed by atoms with van der Waals surface area (Å²) < 4.78 is 76.3. The van der Waals surface area contributed by atoms with Gasteiger partial charge in [0.2, 0.25) is 20.0 Å². The maximum atomic E-state index is 13.3. The lowest BCUT2D eigenvalue weighted by Gasteiger charge is -2.38. The molecule has 1 heterocycles. The molecule has 1 aliphatic heterocycles. The van der Waals surface area contributed by atoms with Crippen molar-refractivity contribution in [2.24, 2.45) is 0 Å². The number of sulfonamides is 2. The maximum absolute atomic E-state index is 13.3. The summed E-state index contributed by atoms with van der Waals surface area (Å²) in [4.78, 5) is 0.0896. The van der Waals surface area contributed by atoms with Crippen LogP contribution in [0.15, 0.2) is 46.2 Å². The largest absolute Gasteiger partial charge is 0.493 e. The van der Waals surface area contributed by atoms with Crippen LogP contribution in [-0.2, 0) is 20.0 Å². The van der Waals surface area contributed by atoms with Gasteiger partial charge in [0, 0.05) is 37.8 Å². The van der Waals surface area contributed by atoms with Gasteiger partial charge in [-0.3, -0.25) is 0 Å². The first-order chi connectivity index (χ1) is 15.6. The summed E-state index contributed by atoms with van der Waals surface area (Å²) in [5.41, 5.74) is 0. The van der Waals surface area contributed by atoms with Crippen LogP contribution < -0.4 is 18.9 Å². The third-order valence-electron chi connectivity index (χ3n) is 5.48. The third kappa shape index (κ3) is 4.74. The minimum atomic E-state index is -3.88. The predicted octanol–water partition coefficient (Wildman–Crippen LogP) is 1.80. The molecule has 0 amide bonds. The van der Waals surface area contributed by atoms with Gasteiger partial charge >= 0.3 is 0 Å². The van der Waals surface area contributed by atoms with Crippen LogP contribution in [0, 0.1) is 0 Å². The summed E-state index contributed by atoms with van der Waals surface area (Å²) in [5.74, 6) is 1.41. The number of benzene rings is 2. The van der Waals surface area contributed by atoms with Gasteiger partial charge < -0.3 is 18.9 Å². The molecule has 1 atom stereocenters. The molecular formula is C21H28N2O8S2. The molecule has 0 radical (unpaired) electrons. The van der Waals surface area contributed by atoms with Crippen molar-refractivity contribution in [3.05, 3.63) is 36.4 Å². The first-order valence-electron chi connectivity index (χ1n) is 10.1. The molecule has 1 saturated heterocycles.